The van der Waals surface area contributed by atoms with Gasteiger partial charge in [0.2, 0.25) is 5.91 Å². The fourth-order valence-electron chi connectivity index (χ4n) is 11.4. The number of carbonyl (C=O) groups is 2. The first-order chi connectivity index (χ1) is 40.9. The minimum absolute atomic E-state index is 0.0440. The van der Waals surface area contributed by atoms with Crippen molar-refractivity contribution < 1.29 is 37.3 Å². The number of quaternary nitrogens is 1. The molecule has 9 nitrogen and oxygen atoms in total. The van der Waals surface area contributed by atoms with E-state index in [9.17, 15) is 19.0 Å². The van der Waals surface area contributed by atoms with Gasteiger partial charge in [-0.2, -0.15) is 0 Å². The average molecular weight is 1210 g/mol. The predicted molar refractivity (Wildman–Crippen MR) is 365 cm³/mol. The predicted octanol–water partition coefficient (Wildman–Crippen LogP) is 23.6. The minimum Gasteiger partial charge on any atom is -0.456 e. The second-order valence-electron chi connectivity index (χ2n) is 26.8. The molecular weight excluding hydrogens is 1060 g/mol. The molecule has 10 heteroatoms. The number of unbranched alkanes of at least 4 members (excludes halogenated alkanes) is 51. The second kappa shape index (κ2) is 64.5. The van der Waals surface area contributed by atoms with Crippen molar-refractivity contribution in [2.45, 2.75) is 399 Å². The van der Waals surface area contributed by atoms with Crippen LogP contribution >= 0.6 is 7.82 Å². The number of carbonyl (C=O) groups excluding carboxylic acids is 2. The molecule has 0 saturated carbocycles. The number of phosphoric acid groups is 1. The zero-order chi connectivity index (χ0) is 61.4. The first-order valence-corrected chi connectivity index (χ1v) is 38.7. The Bertz CT molecular complexity index is 1480. The van der Waals surface area contributed by atoms with Crippen molar-refractivity contribution >= 4 is 19.7 Å². The minimum atomic E-state index is -4.45. The van der Waals surface area contributed by atoms with E-state index in [1.807, 2.05) is 27.2 Å². The Morgan fingerprint density at radius 1 is 0.405 bits per heavy atom. The van der Waals surface area contributed by atoms with E-state index in [0.29, 0.717) is 23.9 Å². The van der Waals surface area contributed by atoms with Gasteiger partial charge in [-0.3, -0.25) is 18.6 Å². The Morgan fingerprint density at radius 3 is 1.01 bits per heavy atom. The fraction of sp³-hybridized carbons (Fsp3) is 0.919. The molecule has 0 aliphatic heterocycles. The number of phosphoric ester groups is 1. The van der Waals surface area contributed by atoms with E-state index in [4.69, 9.17) is 13.8 Å². The number of nitrogens with one attached hydrogen (secondary N) is 1. The van der Waals surface area contributed by atoms with E-state index in [1.54, 1.807) is 0 Å². The number of esters is 1. The number of amides is 1. The number of ether oxygens (including phenoxy) is 1. The van der Waals surface area contributed by atoms with Gasteiger partial charge in [0, 0.05) is 12.8 Å². The highest BCUT2D eigenvalue weighted by Gasteiger charge is 2.30. The van der Waals surface area contributed by atoms with Gasteiger partial charge in [0.15, 0.2) is 0 Å². The molecule has 3 unspecified atom stereocenters. The Morgan fingerprint density at radius 2 is 0.690 bits per heavy atom. The largest absolute Gasteiger partial charge is 0.472 e. The molecule has 0 bridgehead atoms. The number of nitrogens with zero attached hydrogens (tertiary/aromatic N) is 1. The molecule has 0 spiro atoms. The van der Waals surface area contributed by atoms with Gasteiger partial charge in [-0.1, -0.05) is 341 Å². The van der Waals surface area contributed by atoms with Crippen LogP contribution in [0.1, 0.15) is 387 Å². The number of likely N-dealkylation sites (N-methyl/N-ethyl adjacent to an activating group) is 1. The van der Waals surface area contributed by atoms with Gasteiger partial charge in [-0.15, -0.1) is 0 Å². The van der Waals surface area contributed by atoms with Crippen LogP contribution in [0.2, 0.25) is 0 Å². The molecule has 0 aliphatic carbocycles. The molecule has 84 heavy (non-hydrogen) atoms. The molecule has 0 aromatic heterocycles. The number of hydrogen-bond donors (Lipinski definition) is 2. The molecule has 0 aromatic carbocycles. The van der Waals surface area contributed by atoms with Crippen LogP contribution in [0.25, 0.3) is 0 Å². The van der Waals surface area contributed by atoms with Gasteiger partial charge in [0.25, 0.3) is 0 Å². The summed E-state index contributed by atoms with van der Waals surface area (Å²) in [6, 6.07) is -0.845. The van der Waals surface area contributed by atoms with Crippen molar-refractivity contribution in [2.24, 2.45) is 0 Å². The maximum Gasteiger partial charge on any atom is 0.472 e. The van der Waals surface area contributed by atoms with Gasteiger partial charge >= 0.3 is 13.8 Å². The lowest BCUT2D eigenvalue weighted by molar-refractivity contribution is -0.870. The summed E-state index contributed by atoms with van der Waals surface area (Å²) in [5, 5.41) is 3.08. The van der Waals surface area contributed by atoms with E-state index in [2.05, 4.69) is 44.3 Å². The Balaban J connectivity index is 4.94. The molecule has 0 saturated heterocycles. The summed E-state index contributed by atoms with van der Waals surface area (Å²) in [6.07, 6.45) is 79.2. The molecule has 0 aliphatic rings. The van der Waals surface area contributed by atoms with Crippen LogP contribution < -0.4 is 5.32 Å². The van der Waals surface area contributed by atoms with Crippen molar-refractivity contribution in [1.82, 2.24) is 5.32 Å². The zero-order valence-electron chi connectivity index (χ0n) is 57.2. The van der Waals surface area contributed by atoms with E-state index >= 15 is 0 Å². The SMILES string of the molecule is CCCCCCCC/C=C/CCCCCCCCCCCC(=O)OC(/C=C\CCCCCCCCCCCC)C(COP(=O)(O)OCC[N+](C)(C)C)NC(=O)CCCCCCCCCCCCCCCCCCCCCCCCCCCCC. The van der Waals surface area contributed by atoms with Gasteiger partial charge in [0.1, 0.15) is 19.3 Å². The molecule has 0 heterocycles. The van der Waals surface area contributed by atoms with Gasteiger partial charge in [0.05, 0.1) is 33.8 Å². The van der Waals surface area contributed by atoms with Gasteiger partial charge in [-0.05, 0) is 57.4 Å². The van der Waals surface area contributed by atoms with Crippen molar-refractivity contribution in [3.63, 3.8) is 0 Å². The summed E-state index contributed by atoms with van der Waals surface area (Å²) in [5.41, 5.74) is 0. The fourth-order valence-corrected chi connectivity index (χ4v) is 12.1. The molecule has 0 aromatic rings. The molecule has 3 atom stereocenters. The number of rotatable bonds is 69. The highest BCUT2D eigenvalue weighted by Crippen LogP contribution is 2.43. The zero-order valence-corrected chi connectivity index (χ0v) is 58.1. The molecule has 0 rings (SSSR count). The molecule has 2 N–H and O–H groups in total. The maximum atomic E-state index is 13.6. The maximum absolute atomic E-state index is 13.6. The number of allylic oxidation sites excluding steroid dienone is 3. The summed E-state index contributed by atoms with van der Waals surface area (Å²) in [5.74, 6) is -0.484. The Hall–Kier alpha value is -1.51. The average Bonchev–Trinajstić information content (AvgIpc) is 3.65. The summed E-state index contributed by atoms with van der Waals surface area (Å²) < 4.78 is 30.9. The lowest BCUT2D eigenvalue weighted by atomic mass is 10.0. The third-order valence-corrected chi connectivity index (χ3v) is 18.1. The highest BCUT2D eigenvalue weighted by molar-refractivity contribution is 7.47. The van der Waals surface area contributed by atoms with Crippen LogP contribution in [0, 0.1) is 0 Å². The van der Waals surface area contributed by atoms with Crippen molar-refractivity contribution in [2.75, 3.05) is 40.9 Å². The first-order valence-electron chi connectivity index (χ1n) is 37.2. The van der Waals surface area contributed by atoms with Crippen LogP contribution in [-0.4, -0.2) is 74.3 Å². The normalized spacial score (nSPS) is 13.6. The third kappa shape index (κ3) is 64.9. The standard InChI is InChI=1S/C74H145N2O7P/c1-7-10-13-16-19-22-25-28-30-32-34-35-36-37-38-39-40-41-43-44-46-48-51-54-57-60-63-66-73(77)75-71(70-82-84(79,80)81-69-68-76(4,5)6)72(65-62-59-56-53-50-27-24-21-18-15-12-9-3)83-74(78)67-64-61-58-55-52-49-47-45-42-33-31-29-26-23-20-17-14-11-8-2/h29,31,62,65,71-72H,7-28,30,32-61,63-64,66-70H2,1-6H3,(H-,75,77,79,80)/p+1/b31-29+,65-62-. The van der Waals surface area contributed by atoms with Crippen molar-refractivity contribution in [3.8, 4) is 0 Å². The Labute approximate surface area is 524 Å². The molecule has 498 valence electrons. The summed E-state index contributed by atoms with van der Waals surface area (Å²) in [4.78, 5) is 37.9. The molecular formula is C74H146N2O7P+. The third-order valence-electron chi connectivity index (χ3n) is 17.1. The van der Waals surface area contributed by atoms with Gasteiger partial charge in [-0.25, -0.2) is 4.57 Å². The highest BCUT2D eigenvalue weighted by atomic mass is 31.2. The van der Waals surface area contributed by atoms with Crippen LogP contribution in [-0.2, 0) is 27.9 Å². The lowest BCUT2D eigenvalue weighted by Crippen LogP contribution is -2.47. The van der Waals surface area contributed by atoms with Crippen LogP contribution in [0.3, 0.4) is 0 Å². The summed E-state index contributed by atoms with van der Waals surface area (Å²) >= 11 is 0. The monoisotopic (exact) mass is 1210 g/mol. The first kappa shape index (κ1) is 82.5. The van der Waals surface area contributed by atoms with Crippen LogP contribution in [0.4, 0.5) is 0 Å². The van der Waals surface area contributed by atoms with E-state index in [-0.39, 0.29) is 25.1 Å². The van der Waals surface area contributed by atoms with Crippen LogP contribution in [0.15, 0.2) is 24.3 Å². The summed E-state index contributed by atoms with van der Waals surface area (Å²) in [6.45, 7) is 7.08. The van der Waals surface area contributed by atoms with E-state index in [0.717, 1.165) is 57.8 Å². The van der Waals surface area contributed by atoms with Crippen LogP contribution in [0.5, 0.6) is 0 Å². The summed E-state index contributed by atoms with van der Waals surface area (Å²) in [7, 11) is 1.52. The second-order valence-corrected chi connectivity index (χ2v) is 28.3. The topological polar surface area (TPSA) is 111 Å². The lowest BCUT2D eigenvalue weighted by Gasteiger charge is -2.27. The smallest absolute Gasteiger partial charge is 0.456 e. The van der Waals surface area contributed by atoms with Crippen molar-refractivity contribution in [1.29, 1.82) is 0 Å². The molecule has 0 fully saturated rings. The number of hydrogen-bond acceptors (Lipinski definition) is 6. The van der Waals surface area contributed by atoms with E-state index in [1.165, 1.54) is 295 Å². The Kier molecular flexibility index (Phi) is 63.3. The molecule has 1 amide bonds. The molecule has 0 radical (unpaired) electrons. The quantitative estimate of drug-likeness (QED) is 0.0205. The van der Waals surface area contributed by atoms with Crippen molar-refractivity contribution in [3.05, 3.63) is 24.3 Å². The van der Waals surface area contributed by atoms with E-state index < -0.39 is 20.0 Å². The van der Waals surface area contributed by atoms with Gasteiger partial charge < -0.3 is 19.4 Å².